The van der Waals surface area contributed by atoms with Gasteiger partial charge in [0.05, 0.1) is 12.7 Å². The van der Waals surface area contributed by atoms with Crippen LogP contribution in [0.3, 0.4) is 0 Å². The summed E-state index contributed by atoms with van der Waals surface area (Å²) >= 11 is 0. The zero-order valence-electron chi connectivity index (χ0n) is 17.1. The molecule has 0 aromatic heterocycles. The van der Waals surface area contributed by atoms with Crippen molar-refractivity contribution < 1.29 is 14.3 Å². The molecule has 0 spiro atoms. The van der Waals surface area contributed by atoms with Gasteiger partial charge in [-0.2, -0.15) is 5.26 Å². The summed E-state index contributed by atoms with van der Waals surface area (Å²) in [6, 6.07) is 16.6. The Kier molecular flexibility index (Phi) is 7.79. The fourth-order valence-corrected chi connectivity index (χ4v) is 2.65. The maximum absolute atomic E-state index is 12.1. The van der Waals surface area contributed by atoms with Gasteiger partial charge in [0.2, 0.25) is 11.8 Å². The maximum Gasteiger partial charge on any atom is 0.238 e. The number of nitrogens with zero attached hydrogens (tertiary/aromatic N) is 1. The van der Waals surface area contributed by atoms with Gasteiger partial charge in [0.1, 0.15) is 12.2 Å². The van der Waals surface area contributed by atoms with Crippen molar-refractivity contribution in [1.29, 1.82) is 5.26 Å². The Morgan fingerprint density at radius 3 is 2.21 bits per heavy atom. The number of hydrogen-bond donors (Lipinski definition) is 2. The third kappa shape index (κ3) is 7.67. The number of anilines is 2. The highest BCUT2D eigenvalue weighted by Gasteiger charge is 2.13. The minimum atomic E-state index is -0.386. The number of ether oxygens (including phenoxy) is 1. The quantitative estimate of drug-likeness (QED) is 0.640. The molecule has 6 heteroatoms. The van der Waals surface area contributed by atoms with Crippen molar-refractivity contribution in [3.63, 3.8) is 0 Å². The molecule has 29 heavy (non-hydrogen) atoms. The molecule has 0 radical (unpaired) electrons. The molecule has 2 N–H and O–H groups in total. The van der Waals surface area contributed by atoms with Crippen LogP contribution in [0, 0.1) is 11.3 Å². The van der Waals surface area contributed by atoms with Gasteiger partial charge in [0.15, 0.2) is 0 Å². The van der Waals surface area contributed by atoms with Crippen LogP contribution in [-0.2, 0) is 15.0 Å². The van der Waals surface area contributed by atoms with Crippen LogP contribution in [0.4, 0.5) is 11.4 Å². The van der Waals surface area contributed by atoms with Crippen molar-refractivity contribution in [2.24, 2.45) is 0 Å². The van der Waals surface area contributed by atoms with Crippen molar-refractivity contribution in [2.45, 2.75) is 45.4 Å². The van der Waals surface area contributed by atoms with Crippen LogP contribution in [0.1, 0.15) is 45.6 Å². The van der Waals surface area contributed by atoms with Crippen molar-refractivity contribution in [3.8, 4) is 11.8 Å². The number of carbonyl (C=O) groups is 2. The molecule has 2 rings (SSSR count). The molecule has 2 amide bonds. The lowest BCUT2D eigenvalue weighted by molar-refractivity contribution is -0.116. The minimum absolute atomic E-state index is 0.104. The van der Waals surface area contributed by atoms with Gasteiger partial charge in [0, 0.05) is 17.8 Å². The Hall–Kier alpha value is -3.33. The molecular weight excluding hydrogens is 366 g/mol. The predicted octanol–water partition coefficient (Wildman–Crippen LogP) is 4.63. The maximum atomic E-state index is 12.1. The molecule has 0 heterocycles. The summed E-state index contributed by atoms with van der Waals surface area (Å²) < 4.78 is 5.71. The second kappa shape index (κ2) is 10.3. The number of carbonyl (C=O) groups excluding carboxylic acids is 2. The SMILES string of the molecule is CC(C)(C)c1ccc(OCCCC(=O)Nc2cccc(NC(=O)CC#N)c2)cc1. The van der Waals surface area contributed by atoms with Crippen molar-refractivity contribution in [1.82, 2.24) is 0 Å². The molecule has 2 aromatic rings. The Labute approximate surface area is 171 Å². The van der Waals surface area contributed by atoms with E-state index in [2.05, 4.69) is 43.5 Å². The van der Waals surface area contributed by atoms with Gasteiger partial charge in [-0.3, -0.25) is 9.59 Å². The van der Waals surface area contributed by atoms with Crippen LogP contribution in [0.5, 0.6) is 5.75 Å². The molecule has 152 valence electrons. The minimum Gasteiger partial charge on any atom is -0.494 e. The smallest absolute Gasteiger partial charge is 0.238 e. The van der Waals surface area contributed by atoms with E-state index >= 15 is 0 Å². The van der Waals surface area contributed by atoms with E-state index in [-0.39, 0.29) is 23.7 Å². The summed E-state index contributed by atoms with van der Waals surface area (Å²) in [7, 11) is 0. The van der Waals surface area contributed by atoms with E-state index < -0.39 is 0 Å². The molecule has 0 saturated heterocycles. The second-order valence-corrected chi connectivity index (χ2v) is 7.74. The van der Waals surface area contributed by atoms with Gasteiger partial charge in [-0.05, 0) is 47.7 Å². The summed E-state index contributed by atoms with van der Waals surface area (Å²) in [5, 5.41) is 13.9. The van der Waals surface area contributed by atoms with Crippen LogP contribution < -0.4 is 15.4 Å². The van der Waals surface area contributed by atoms with Crippen molar-refractivity contribution in [3.05, 3.63) is 54.1 Å². The third-order valence-corrected chi connectivity index (χ3v) is 4.21. The monoisotopic (exact) mass is 393 g/mol. The van der Waals surface area contributed by atoms with Crippen molar-refractivity contribution >= 4 is 23.2 Å². The average Bonchev–Trinajstić information content (AvgIpc) is 2.65. The summed E-state index contributed by atoms with van der Waals surface area (Å²) in [5.41, 5.74) is 2.47. The van der Waals surface area contributed by atoms with E-state index in [0.29, 0.717) is 30.8 Å². The zero-order valence-corrected chi connectivity index (χ0v) is 17.1. The normalized spacial score (nSPS) is 10.7. The van der Waals surface area contributed by atoms with E-state index in [1.54, 1.807) is 30.3 Å². The number of nitrogens with one attached hydrogen (secondary N) is 2. The molecule has 0 fully saturated rings. The van der Waals surface area contributed by atoms with E-state index in [9.17, 15) is 9.59 Å². The van der Waals surface area contributed by atoms with E-state index in [4.69, 9.17) is 10.00 Å². The van der Waals surface area contributed by atoms with Crippen molar-refractivity contribution in [2.75, 3.05) is 17.2 Å². The molecule has 2 aromatic carbocycles. The lowest BCUT2D eigenvalue weighted by atomic mass is 9.87. The number of rotatable bonds is 8. The molecule has 6 nitrogen and oxygen atoms in total. The standard InChI is InChI=1S/C23H27N3O3/c1-23(2,3)17-9-11-20(12-10-17)29-15-5-8-21(27)25-18-6-4-7-19(16-18)26-22(28)13-14-24/h4,6-7,9-12,16H,5,8,13,15H2,1-3H3,(H,25,27)(H,26,28). The molecule has 0 saturated carbocycles. The topological polar surface area (TPSA) is 91.2 Å². The van der Waals surface area contributed by atoms with Crippen LogP contribution in [0.15, 0.2) is 48.5 Å². The van der Waals surface area contributed by atoms with Gasteiger partial charge < -0.3 is 15.4 Å². The molecule has 0 unspecified atom stereocenters. The fourth-order valence-electron chi connectivity index (χ4n) is 2.65. The van der Waals surface area contributed by atoms with Crippen LogP contribution in [0.25, 0.3) is 0 Å². The number of hydrogen-bond acceptors (Lipinski definition) is 4. The molecule has 0 bridgehead atoms. The number of nitriles is 1. The van der Waals surface area contributed by atoms with Gasteiger partial charge in [0.25, 0.3) is 0 Å². The molecule has 0 aliphatic carbocycles. The highest BCUT2D eigenvalue weighted by Crippen LogP contribution is 2.24. The number of amides is 2. The third-order valence-electron chi connectivity index (χ3n) is 4.21. The highest BCUT2D eigenvalue weighted by atomic mass is 16.5. The average molecular weight is 393 g/mol. The Balaban J connectivity index is 1.75. The van der Waals surface area contributed by atoms with Gasteiger partial charge in [-0.25, -0.2) is 0 Å². The van der Waals surface area contributed by atoms with Gasteiger partial charge in [-0.15, -0.1) is 0 Å². The second-order valence-electron chi connectivity index (χ2n) is 7.74. The Morgan fingerprint density at radius 1 is 1.00 bits per heavy atom. The molecule has 0 aliphatic rings. The first kappa shape index (κ1) is 22.0. The Bertz CT molecular complexity index is 877. The van der Waals surface area contributed by atoms with Crippen LogP contribution >= 0.6 is 0 Å². The van der Waals surface area contributed by atoms with Crippen LogP contribution in [-0.4, -0.2) is 18.4 Å². The van der Waals surface area contributed by atoms with Gasteiger partial charge >= 0.3 is 0 Å². The summed E-state index contributed by atoms with van der Waals surface area (Å²) in [5.74, 6) is 0.278. The summed E-state index contributed by atoms with van der Waals surface area (Å²) in [6.07, 6.45) is 0.700. The fraction of sp³-hybridized carbons (Fsp3) is 0.348. The summed E-state index contributed by atoms with van der Waals surface area (Å²) in [4.78, 5) is 23.6. The molecule has 0 aliphatic heterocycles. The first-order chi connectivity index (χ1) is 13.8. The van der Waals surface area contributed by atoms with E-state index in [1.165, 1.54) is 5.56 Å². The van der Waals surface area contributed by atoms with Crippen LogP contribution in [0.2, 0.25) is 0 Å². The lowest BCUT2D eigenvalue weighted by Gasteiger charge is -2.19. The van der Waals surface area contributed by atoms with Gasteiger partial charge in [-0.1, -0.05) is 39.0 Å². The molecular formula is C23H27N3O3. The summed E-state index contributed by atoms with van der Waals surface area (Å²) in [6.45, 7) is 6.94. The first-order valence-electron chi connectivity index (χ1n) is 9.58. The van der Waals surface area contributed by atoms with E-state index in [1.807, 2.05) is 12.1 Å². The molecule has 0 atom stereocenters. The largest absolute Gasteiger partial charge is 0.494 e. The zero-order chi connectivity index (χ0) is 21.3. The first-order valence-corrected chi connectivity index (χ1v) is 9.58. The highest BCUT2D eigenvalue weighted by molar-refractivity contribution is 5.94. The lowest BCUT2D eigenvalue weighted by Crippen LogP contribution is -2.14. The van der Waals surface area contributed by atoms with E-state index in [0.717, 1.165) is 5.75 Å². The Morgan fingerprint density at radius 2 is 1.62 bits per heavy atom. The predicted molar refractivity (Wildman–Crippen MR) is 114 cm³/mol. The number of benzene rings is 2.